The van der Waals surface area contributed by atoms with Crippen molar-refractivity contribution >= 4 is 36.4 Å². The second kappa shape index (κ2) is 9.44. The van der Waals surface area contributed by atoms with Crippen LogP contribution >= 0.6 is 24.8 Å². The molecule has 1 saturated heterocycles. The highest BCUT2D eigenvalue weighted by atomic mass is 35.5. The third kappa shape index (κ3) is 4.52. The molecule has 0 spiro atoms. The van der Waals surface area contributed by atoms with Crippen LogP contribution in [0, 0.1) is 23.6 Å². The number of carbonyl (C=O) groups is 1. The van der Waals surface area contributed by atoms with Gasteiger partial charge in [0.15, 0.2) is 0 Å². The van der Waals surface area contributed by atoms with Gasteiger partial charge in [0.05, 0.1) is 5.69 Å². The van der Waals surface area contributed by atoms with Crippen molar-refractivity contribution in [3.63, 3.8) is 0 Å². The monoisotopic (exact) mass is 417 g/mol. The van der Waals surface area contributed by atoms with E-state index in [0.29, 0.717) is 55.7 Å². The van der Waals surface area contributed by atoms with Crippen molar-refractivity contribution in [2.24, 2.45) is 23.5 Å². The van der Waals surface area contributed by atoms with Gasteiger partial charge in [-0.1, -0.05) is 18.6 Å². The van der Waals surface area contributed by atoms with E-state index in [4.69, 9.17) is 5.73 Å². The van der Waals surface area contributed by atoms with Gasteiger partial charge in [-0.2, -0.15) is 0 Å². The molecule has 2 saturated carbocycles. The first-order valence-electron chi connectivity index (χ1n) is 9.67. The van der Waals surface area contributed by atoms with E-state index in [1.165, 1.54) is 25.3 Å². The third-order valence-electron chi connectivity index (χ3n) is 6.55. The smallest absolute Gasteiger partial charge is 0.225 e. The van der Waals surface area contributed by atoms with Gasteiger partial charge in [-0.3, -0.25) is 4.79 Å². The molecule has 1 aliphatic heterocycles. The van der Waals surface area contributed by atoms with Gasteiger partial charge >= 0.3 is 0 Å². The minimum Gasteiger partial charge on any atom is -0.366 e. The van der Waals surface area contributed by atoms with Gasteiger partial charge in [0.2, 0.25) is 5.91 Å². The minimum absolute atomic E-state index is 0. The molecule has 2 unspecified atom stereocenters. The number of benzene rings is 1. The minimum atomic E-state index is -0.184. The standard InChI is InChI=1S/C20H28FN3O.2ClH/c21-17-6-1-2-7-18(17)23-8-10-24(11-9-23)20(25)16-12-14-4-3-5-15(13-16)19(14)22;;/h1-2,6-7,14-16,19H,3-5,8-13,22H2;2*1H. The summed E-state index contributed by atoms with van der Waals surface area (Å²) in [6, 6.07) is 7.19. The average Bonchev–Trinajstić information content (AvgIpc) is 2.61. The lowest BCUT2D eigenvalue weighted by Gasteiger charge is -2.45. The SMILES string of the molecule is Cl.Cl.NC1C2CCCC1CC(C(=O)N1CCN(c3ccccc3F)CC1)C2. The molecular weight excluding hydrogens is 388 g/mol. The fraction of sp³-hybridized carbons (Fsp3) is 0.650. The van der Waals surface area contributed by atoms with Gasteiger partial charge < -0.3 is 15.5 Å². The highest BCUT2D eigenvalue weighted by Gasteiger charge is 2.41. The molecule has 1 amide bonds. The maximum absolute atomic E-state index is 14.0. The molecule has 2 bridgehead atoms. The van der Waals surface area contributed by atoms with E-state index in [0.717, 1.165) is 12.8 Å². The Bertz CT molecular complexity index is 625. The van der Waals surface area contributed by atoms with Gasteiger partial charge in [-0.25, -0.2) is 4.39 Å². The maximum atomic E-state index is 14.0. The number of anilines is 1. The number of nitrogens with zero attached hydrogens (tertiary/aromatic N) is 2. The van der Waals surface area contributed by atoms with Crippen molar-refractivity contribution in [2.45, 2.75) is 38.1 Å². The zero-order valence-electron chi connectivity index (χ0n) is 15.6. The predicted molar refractivity (Wildman–Crippen MR) is 111 cm³/mol. The molecule has 7 heteroatoms. The highest BCUT2D eigenvalue weighted by molar-refractivity contribution is 5.85. The van der Waals surface area contributed by atoms with Crippen molar-refractivity contribution in [1.82, 2.24) is 4.90 Å². The van der Waals surface area contributed by atoms with Gasteiger partial charge in [0.25, 0.3) is 0 Å². The van der Waals surface area contributed by atoms with Gasteiger partial charge in [0.1, 0.15) is 5.82 Å². The Labute approximate surface area is 173 Å². The zero-order valence-corrected chi connectivity index (χ0v) is 17.2. The summed E-state index contributed by atoms with van der Waals surface area (Å²) in [5.41, 5.74) is 7.00. The predicted octanol–water partition coefficient (Wildman–Crippen LogP) is 3.47. The second-order valence-corrected chi connectivity index (χ2v) is 7.96. The number of para-hydroxylation sites is 1. The average molecular weight is 418 g/mol. The summed E-state index contributed by atoms with van der Waals surface area (Å²) in [7, 11) is 0. The van der Waals surface area contributed by atoms with E-state index < -0.39 is 0 Å². The molecule has 3 fully saturated rings. The largest absolute Gasteiger partial charge is 0.366 e. The Hall–Kier alpha value is -1.04. The van der Waals surface area contributed by atoms with Crippen LogP contribution in [-0.2, 0) is 4.79 Å². The summed E-state index contributed by atoms with van der Waals surface area (Å²) in [4.78, 5) is 17.0. The summed E-state index contributed by atoms with van der Waals surface area (Å²) in [5.74, 6) is 1.32. The molecule has 0 aromatic heterocycles. The van der Waals surface area contributed by atoms with E-state index in [2.05, 4.69) is 0 Å². The first-order chi connectivity index (χ1) is 12.1. The Morgan fingerprint density at radius 1 is 1.00 bits per heavy atom. The molecule has 4 nitrogen and oxygen atoms in total. The van der Waals surface area contributed by atoms with E-state index in [9.17, 15) is 9.18 Å². The van der Waals surface area contributed by atoms with Crippen LogP contribution in [0.25, 0.3) is 0 Å². The fourth-order valence-electron chi connectivity index (χ4n) is 5.12. The van der Waals surface area contributed by atoms with Crippen molar-refractivity contribution in [3.8, 4) is 0 Å². The number of rotatable bonds is 2. The molecule has 4 rings (SSSR count). The number of amides is 1. The van der Waals surface area contributed by atoms with E-state index >= 15 is 0 Å². The molecule has 152 valence electrons. The molecule has 1 heterocycles. The van der Waals surface area contributed by atoms with E-state index in [-0.39, 0.29) is 36.5 Å². The Morgan fingerprint density at radius 2 is 1.59 bits per heavy atom. The third-order valence-corrected chi connectivity index (χ3v) is 6.55. The zero-order chi connectivity index (χ0) is 17.4. The van der Waals surface area contributed by atoms with Gasteiger partial charge in [0, 0.05) is 38.1 Å². The first kappa shape index (κ1) is 22.3. The van der Waals surface area contributed by atoms with Crippen LogP contribution in [0.3, 0.4) is 0 Å². The topological polar surface area (TPSA) is 49.6 Å². The van der Waals surface area contributed by atoms with Crippen LogP contribution in [0.5, 0.6) is 0 Å². The van der Waals surface area contributed by atoms with Gasteiger partial charge in [-0.15, -0.1) is 24.8 Å². The number of halogens is 3. The lowest BCUT2D eigenvalue weighted by atomic mass is 9.65. The number of hydrogen-bond donors (Lipinski definition) is 1. The summed E-state index contributed by atoms with van der Waals surface area (Å²) in [5, 5.41) is 0. The van der Waals surface area contributed by atoms with Crippen molar-refractivity contribution < 1.29 is 9.18 Å². The van der Waals surface area contributed by atoms with E-state index in [1.807, 2.05) is 21.9 Å². The first-order valence-corrected chi connectivity index (χ1v) is 9.67. The molecule has 0 radical (unpaired) electrons. The Kier molecular flexibility index (Phi) is 7.78. The van der Waals surface area contributed by atoms with Crippen LogP contribution in [0.1, 0.15) is 32.1 Å². The second-order valence-electron chi connectivity index (χ2n) is 7.96. The number of nitrogens with two attached hydrogens (primary N) is 1. The lowest BCUT2D eigenvalue weighted by Crippen LogP contribution is -2.53. The summed E-state index contributed by atoms with van der Waals surface area (Å²) in [6.07, 6.45) is 5.56. The number of fused-ring (bicyclic) bond motifs is 2. The summed E-state index contributed by atoms with van der Waals surface area (Å²) < 4.78 is 14.0. The molecule has 1 aromatic carbocycles. The van der Waals surface area contributed by atoms with Crippen molar-refractivity contribution in [2.75, 3.05) is 31.1 Å². The molecule has 27 heavy (non-hydrogen) atoms. The maximum Gasteiger partial charge on any atom is 0.225 e. The van der Waals surface area contributed by atoms with Crippen LogP contribution in [-0.4, -0.2) is 43.0 Å². The molecule has 3 aliphatic rings. The van der Waals surface area contributed by atoms with Crippen LogP contribution in [0.15, 0.2) is 24.3 Å². The molecule has 2 atom stereocenters. The van der Waals surface area contributed by atoms with Crippen molar-refractivity contribution in [1.29, 1.82) is 0 Å². The van der Waals surface area contributed by atoms with E-state index in [1.54, 1.807) is 6.07 Å². The Morgan fingerprint density at radius 3 is 2.19 bits per heavy atom. The number of piperazine rings is 1. The fourth-order valence-corrected chi connectivity index (χ4v) is 5.12. The van der Waals surface area contributed by atoms with Crippen LogP contribution in [0.2, 0.25) is 0 Å². The normalized spacial score (nSPS) is 30.1. The number of hydrogen-bond acceptors (Lipinski definition) is 3. The summed E-state index contributed by atoms with van der Waals surface area (Å²) in [6.45, 7) is 2.77. The van der Waals surface area contributed by atoms with Crippen LogP contribution < -0.4 is 10.6 Å². The molecular formula is C20H30Cl2FN3O. The van der Waals surface area contributed by atoms with Crippen molar-refractivity contribution in [3.05, 3.63) is 30.1 Å². The quantitative estimate of drug-likeness (QED) is 0.800. The highest BCUT2D eigenvalue weighted by Crippen LogP contribution is 2.42. The summed E-state index contributed by atoms with van der Waals surface area (Å²) >= 11 is 0. The molecule has 2 aliphatic carbocycles. The molecule has 1 aromatic rings. The van der Waals surface area contributed by atoms with Crippen LogP contribution in [0.4, 0.5) is 10.1 Å². The Balaban J connectivity index is 0.00000131. The molecule has 2 N–H and O–H groups in total. The van der Waals surface area contributed by atoms with Gasteiger partial charge in [-0.05, 0) is 49.7 Å². The number of carbonyl (C=O) groups excluding carboxylic acids is 1. The lowest BCUT2D eigenvalue weighted by molar-refractivity contribution is -0.138.